The first-order chi connectivity index (χ1) is 11.5. The van der Waals surface area contributed by atoms with Crippen LogP contribution in [0.25, 0.3) is 0 Å². The lowest BCUT2D eigenvalue weighted by atomic mass is 10.1. The average Bonchev–Trinajstić information content (AvgIpc) is 2.60. The maximum atomic E-state index is 13.8. The second-order valence-corrected chi connectivity index (χ2v) is 5.26. The van der Waals surface area contributed by atoms with E-state index >= 15 is 0 Å². The summed E-state index contributed by atoms with van der Waals surface area (Å²) in [5, 5.41) is 3.16. The highest BCUT2D eigenvalue weighted by molar-refractivity contribution is 5.55. The zero-order valence-corrected chi connectivity index (χ0v) is 14.2. The molecule has 4 nitrogen and oxygen atoms in total. The van der Waals surface area contributed by atoms with Crippen molar-refractivity contribution in [1.29, 1.82) is 0 Å². The number of hydrogen-bond acceptors (Lipinski definition) is 4. The van der Waals surface area contributed by atoms with Crippen molar-refractivity contribution in [1.82, 2.24) is 5.32 Å². The molecule has 0 saturated heterocycles. The van der Waals surface area contributed by atoms with Crippen LogP contribution < -0.4 is 19.5 Å². The zero-order valence-electron chi connectivity index (χ0n) is 14.2. The summed E-state index contributed by atoms with van der Waals surface area (Å²) >= 11 is 0. The lowest BCUT2D eigenvalue weighted by Crippen LogP contribution is -2.20. The van der Waals surface area contributed by atoms with Crippen molar-refractivity contribution in [3.05, 3.63) is 53.1 Å². The van der Waals surface area contributed by atoms with Crippen LogP contribution in [0.1, 0.15) is 24.1 Å². The van der Waals surface area contributed by atoms with Crippen LogP contribution in [0.4, 0.5) is 8.78 Å². The smallest absolute Gasteiger partial charge is 0.203 e. The van der Waals surface area contributed by atoms with Gasteiger partial charge in [0.15, 0.2) is 11.5 Å². The fourth-order valence-corrected chi connectivity index (χ4v) is 2.52. The topological polar surface area (TPSA) is 39.7 Å². The Kier molecular flexibility index (Phi) is 5.98. The summed E-state index contributed by atoms with van der Waals surface area (Å²) in [6.07, 6.45) is 0. The van der Waals surface area contributed by atoms with E-state index in [1.165, 1.54) is 20.3 Å². The van der Waals surface area contributed by atoms with Crippen molar-refractivity contribution in [2.45, 2.75) is 19.5 Å². The van der Waals surface area contributed by atoms with Crippen LogP contribution in [-0.4, -0.2) is 21.3 Å². The van der Waals surface area contributed by atoms with Crippen molar-refractivity contribution in [2.24, 2.45) is 0 Å². The number of methoxy groups -OCH3 is 3. The molecule has 0 saturated carbocycles. The van der Waals surface area contributed by atoms with Crippen LogP contribution in [0, 0.1) is 11.6 Å². The highest BCUT2D eigenvalue weighted by Crippen LogP contribution is 2.39. The summed E-state index contributed by atoms with van der Waals surface area (Å²) in [5.74, 6) is 0.668. The molecule has 0 fully saturated rings. The van der Waals surface area contributed by atoms with Crippen molar-refractivity contribution in [3.8, 4) is 17.2 Å². The quantitative estimate of drug-likeness (QED) is 0.833. The van der Waals surface area contributed by atoms with Gasteiger partial charge >= 0.3 is 0 Å². The molecule has 0 amide bonds. The number of ether oxygens (including phenoxy) is 3. The summed E-state index contributed by atoms with van der Waals surface area (Å²) in [4.78, 5) is 0. The predicted octanol–water partition coefficient (Wildman–Crippen LogP) is 3.84. The summed E-state index contributed by atoms with van der Waals surface area (Å²) in [6.45, 7) is 2.16. The third kappa shape index (κ3) is 3.76. The molecule has 0 spiro atoms. The van der Waals surface area contributed by atoms with Crippen LogP contribution >= 0.6 is 0 Å². The van der Waals surface area contributed by atoms with Crippen molar-refractivity contribution < 1.29 is 23.0 Å². The Morgan fingerprint density at radius 3 is 2.29 bits per heavy atom. The lowest BCUT2D eigenvalue weighted by molar-refractivity contribution is 0.321. The number of benzene rings is 2. The molecule has 6 heteroatoms. The highest BCUT2D eigenvalue weighted by atomic mass is 19.1. The lowest BCUT2D eigenvalue weighted by Gasteiger charge is -2.19. The number of rotatable bonds is 7. The summed E-state index contributed by atoms with van der Waals surface area (Å²) in [7, 11) is 4.61. The first-order valence-electron chi connectivity index (χ1n) is 7.48. The Morgan fingerprint density at radius 1 is 0.958 bits per heavy atom. The van der Waals surface area contributed by atoms with Gasteiger partial charge in [-0.25, -0.2) is 8.78 Å². The molecule has 0 aliphatic carbocycles. The Morgan fingerprint density at radius 2 is 1.67 bits per heavy atom. The maximum Gasteiger partial charge on any atom is 0.203 e. The van der Waals surface area contributed by atoms with E-state index < -0.39 is 11.6 Å². The summed E-state index contributed by atoms with van der Waals surface area (Å²) in [5.41, 5.74) is 1.09. The summed E-state index contributed by atoms with van der Waals surface area (Å²) in [6, 6.07) is 6.65. The Labute approximate surface area is 140 Å². The molecule has 0 radical (unpaired) electrons. The van der Waals surface area contributed by atoms with Gasteiger partial charge in [0.1, 0.15) is 11.6 Å². The van der Waals surface area contributed by atoms with Gasteiger partial charge in [-0.15, -0.1) is 0 Å². The van der Waals surface area contributed by atoms with Gasteiger partial charge in [0.2, 0.25) is 5.75 Å². The molecular formula is C18H21F2NO3. The molecule has 1 atom stereocenters. The third-order valence-electron chi connectivity index (χ3n) is 3.81. The molecule has 1 N–H and O–H groups in total. The SMILES string of the molecule is COc1ccc(CNC(C)c2cc(F)ccc2F)c(OC)c1OC. The number of halogens is 2. The van der Waals surface area contributed by atoms with Crippen LogP contribution in [0.15, 0.2) is 30.3 Å². The van der Waals surface area contributed by atoms with Gasteiger partial charge in [-0.1, -0.05) is 6.07 Å². The standard InChI is InChI=1S/C18H21F2NO3/c1-11(14-9-13(19)6-7-15(14)20)21-10-12-5-8-16(22-2)18(24-4)17(12)23-3/h5-9,11,21H,10H2,1-4H3. The molecular weight excluding hydrogens is 316 g/mol. The minimum atomic E-state index is -0.469. The minimum Gasteiger partial charge on any atom is -0.493 e. The second kappa shape index (κ2) is 7.97. The van der Waals surface area contributed by atoms with Crippen LogP contribution in [0.3, 0.4) is 0 Å². The molecule has 0 aliphatic heterocycles. The first kappa shape index (κ1) is 18.0. The molecule has 2 rings (SSSR count). The van der Waals surface area contributed by atoms with E-state index in [4.69, 9.17) is 14.2 Å². The van der Waals surface area contributed by atoms with Crippen molar-refractivity contribution in [2.75, 3.05) is 21.3 Å². The molecule has 0 aliphatic rings. The van der Waals surface area contributed by atoms with Crippen molar-refractivity contribution in [3.63, 3.8) is 0 Å². The highest BCUT2D eigenvalue weighted by Gasteiger charge is 2.17. The molecule has 0 heterocycles. The Hall–Kier alpha value is -2.34. The zero-order chi connectivity index (χ0) is 17.7. The Balaban J connectivity index is 2.21. The maximum absolute atomic E-state index is 13.8. The molecule has 130 valence electrons. The van der Waals surface area contributed by atoms with Gasteiger partial charge in [0.25, 0.3) is 0 Å². The monoisotopic (exact) mass is 337 g/mol. The molecule has 2 aromatic carbocycles. The molecule has 24 heavy (non-hydrogen) atoms. The van der Waals surface area contributed by atoms with Gasteiger partial charge in [0.05, 0.1) is 21.3 Å². The van der Waals surface area contributed by atoms with Crippen molar-refractivity contribution >= 4 is 0 Å². The molecule has 1 unspecified atom stereocenters. The third-order valence-corrected chi connectivity index (χ3v) is 3.81. The second-order valence-electron chi connectivity index (χ2n) is 5.26. The van der Waals surface area contributed by atoms with E-state index in [2.05, 4.69) is 5.32 Å². The fourth-order valence-electron chi connectivity index (χ4n) is 2.52. The van der Waals surface area contributed by atoms with Gasteiger partial charge in [-0.05, 0) is 31.2 Å². The first-order valence-corrected chi connectivity index (χ1v) is 7.48. The van der Waals surface area contributed by atoms with E-state index in [0.717, 1.165) is 17.7 Å². The molecule has 0 bridgehead atoms. The van der Waals surface area contributed by atoms with Crippen LogP contribution in [0.2, 0.25) is 0 Å². The summed E-state index contributed by atoms with van der Waals surface area (Å²) < 4.78 is 43.2. The van der Waals surface area contributed by atoms with E-state index in [9.17, 15) is 8.78 Å². The fraction of sp³-hybridized carbons (Fsp3) is 0.333. The van der Waals surface area contributed by atoms with E-state index in [0.29, 0.717) is 23.8 Å². The van der Waals surface area contributed by atoms with E-state index in [1.807, 2.05) is 6.07 Å². The van der Waals surface area contributed by atoms with Gasteiger partial charge in [0, 0.05) is 23.7 Å². The van der Waals surface area contributed by atoms with Gasteiger partial charge in [-0.3, -0.25) is 0 Å². The van der Waals surface area contributed by atoms with E-state index in [-0.39, 0.29) is 11.6 Å². The number of hydrogen-bond donors (Lipinski definition) is 1. The van der Waals surface area contributed by atoms with E-state index in [1.54, 1.807) is 20.1 Å². The minimum absolute atomic E-state index is 0.273. The van der Waals surface area contributed by atoms with Gasteiger partial charge in [-0.2, -0.15) is 0 Å². The molecule has 2 aromatic rings. The average molecular weight is 337 g/mol. The van der Waals surface area contributed by atoms with Gasteiger partial charge < -0.3 is 19.5 Å². The van der Waals surface area contributed by atoms with Crippen LogP contribution in [-0.2, 0) is 6.54 Å². The van der Waals surface area contributed by atoms with Crippen LogP contribution in [0.5, 0.6) is 17.2 Å². The Bertz CT molecular complexity index is 707. The number of nitrogens with one attached hydrogen (secondary N) is 1. The largest absolute Gasteiger partial charge is 0.493 e. The predicted molar refractivity (Wildman–Crippen MR) is 87.7 cm³/mol. The molecule has 0 aromatic heterocycles. The normalized spacial score (nSPS) is 11.9.